The molecule has 1 saturated heterocycles. The molecule has 1 fully saturated rings. The summed E-state index contributed by atoms with van der Waals surface area (Å²) in [5.41, 5.74) is 0.841. The van der Waals surface area contributed by atoms with Gasteiger partial charge >= 0.3 is 0 Å². The SMILES string of the molecule is O=C(Nc1nc(-c2ccc(Br)s2)cs1)C1CCN(S(=O)(=O)c2cccs2)CC1. The van der Waals surface area contributed by atoms with E-state index in [1.54, 1.807) is 28.8 Å². The summed E-state index contributed by atoms with van der Waals surface area (Å²) >= 11 is 7.64. The molecule has 28 heavy (non-hydrogen) atoms. The summed E-state index contributed by atoms with van der Waals surface area (Å²) in [6, 6.07) is 7.30. The average molecular weight is 519 g/mol. The standard InChI is InChI=1S/C17H16BrN3O3S4/c18-14-4-3-13(27-14)12-10-26-17(19-12)20-16(22)11-5-7-21(8-6-11)28(23,24)15-2-1-9-25-15/h1-4,9-11H,5-8H2,(H,19,20,22). The normalized spacial score (nSPS) is 16.3. The zero-order chi connectivity index (χ0) is 19.7. The van der Waals surface area contributed by atoms with Crippen molar-refractivity contribution < 1.29 is 13.2 Å². The summed E-state index contributed by atoms with van der Waals surface area (Å²) in [6.07, 6.45) is 1.01. The summed E-state index contributed by atoms with van der Waals surface area (Å²) in [7, 11) is -3.44. The van der Waals surface area contributed by atoms with E-state index in [0.29, 0.717) is 35.3 Å². The molecule has 4 rings (SSSR count). The van der Waals surface area contributed by atoms with Gasteiger partial charge in [0, 0.05) is 24.4 Å². The topological polar surface area (TPSA) is 79.4 Å². The van der Waals surface area contributed by atoms with Crippen molar-refractivity contribution in [3.05, 3.63) is 38.8 Å². The van der Waals surface area contributed by atoms with Crippen molar-refractivity contribution >= 4 is 71.0 Å². The van der Waals surface area contributed by atoms with Crippen LogP contribution in [-0.4, -0.2) is 36.7 Å². The third-order valence-corrected chi connectivity index (χ3v) is 10.1. The van der Waals surface area contributed by atoms with Crippen LogP contribution in [0.2, 0.25) is 0 Å². The van der Waals surface area contributed by atoms with Crippen molar-refractivity contribution in [2.45, 2.75) is 17.1 Å². The summed E-state index contributed by atoms with van der Waals surface area (Å²) in [6.45, 7) is 0.704. The highest BCUT2D eigenvalue weighted by Crippen LogP contribution is 2.33. The molecule has 1 aliphatic heterocycles. The highest BCUT2D eigenvalue weighted by Gasteiger charge is 2.32. The Kier molecular flexibility index (Phi) is 6.00. The summed E-state index contributed by atoms with van der Waals surface area (Å²) < 4.78 is 28.0. The van der Waals surface area contributed by atoms with Crippen LogP contribution in [0.15, 0.2) is 43.0 Å². The number of piperidine rings is 1. The minimum Gasteiger partial charge on any atom is -0.302 e. The lowest BCUT2D eigenvalue weighted by atomic mass is 9.97. The number of nitrogens with one attached hydrogen (secondary N) is 1. The predicted octanol–water partition coefficient (Wildman–Crippen LogP) is 4.74. The van der Waals surface area contributed by atoms with Gasteiger partial charge in [-0.25, -0.2) is 13.4 Å². The summed E-state index contributed by atoms with van der Waals surface area (Å²) in [4.78, 5) is 18.1. The molecule has 6 nitrogen and oxygen atoms in total. The van der Waals surface area contributed by atoms with Crippen LogP contribution < -0.4 is 5.32 Å². The fraction of sp³-hybridized carbons (Fsp3) is 0.294. The second kappa shape index (κ2) is 8.33. The number of anilines is 1. The van der Waals surface area contributed by atoms with Gasteiger partial charge in [0.1, 0.15) is 4.21 Å². The van der Waals surface area contributed by atoms with E-state index in [-0.39, 0.29) is 11.8 Å². The van der Waals surface area contributed by atoms with Gasteiger partial charge in [-0.2, -0.15) is 4.31 Å². The van der Waals surface area contributed by atoms with Gasteiger partial charge in [0.05, 0.1) is 14.4 Å². The molecule has 0 aliphatic carbocycles. The largest absolute Gasteiger partial charge is 0.302 e. The Morgan fingerprint density at radius 3 is 2.64 bits per heavy atom. The fourth-order valence-electron chi connectivity index (χ4n) is 3.00. The summed E-state index contributed by atoms with van der Waals surface area (Å²) in [5.74, 6) is -0.306. The van der Waals surface area contributed by atoms with Crippen LogP contribution in [0.1, 0.15) is 12.8 Å². The number of carbonyl (C=O) groups is 1. The molecular weight excluding hydrogens is 502 g/mol. The fourth-order valence-corrected chi connectivity index (χ4v) is 7.75. The van der Waals surface area contributed by atoms with Gasteiger partial charge in [-0.15, -0.1) is 34.0 Å². The van der Waals surface area contributed by atoms with Crippen molar-refractivity contribution in [2.75, 3.05) is 18.4 Å². The Hall–Kier alpha value is -1.11. The Balaban J connectivity index is 1.35. The number of amides is 1. The molecule has 0 radical (unpaired) electrons. The number of carbonyl (C=O) groups excluding carboxylic acids is 1. The van der Waals surface area contributed by atoms with Gasteiger partial charge < -0.3 is 5.32 Å². The van der Waals surface area contributed by atoms with Gasteiger partial charge in [-0.05, 0) is 52.4 Å². The maximum Gasteiger partial charge on any atom is 0.252 e. The Bertz CT molecular complexity index is 1070. The number of thiophene rings is 2. The highest BCUT2D eigenvalue weighted by atomic mass is 79.9. The predicted molar refractivity (Wildman–Crippen MR) is 118 cm³/mol. The third kappa shape index (κ3) is 4.24. The van der Waals surface area contributed by atoms with E-state index in [9.17, 15) is 13.2 Å². The minimum absolute atomic E-state index is 0.0959. The van der Waals surface area contributed by atoms with Crippen LogP contribution in [0.25, 0.3) is 10.6 Å². The number of sulfonamides is 1. The first-order valence-electron chi connectivity index (χ1n) is 8.49. The van der Waals surface area contributed by atoms with Crippen molar-refractivity contribution in [1.82, 2.24) is 9.29 Å². The molecule has 3 aromatic heterocycles. The van der Waals surface area contributed by atoms with Gasteiger partial charge in [0.25, 0.3) is 10.0 Å². The molecule has 1 amide bonds. The van der Waals surface area contributed by atoms with Crippen LogP contribution in [0.3, 0.4) is 0 Å². The van der Waals surface area contributed by atoms with E-state index in [1.165, 1.54) is 27.0 Å². The molecule has 11 heteroatoms. The molecule has 1 aliphatic rings. The molecule has 4 heterocycles. The van der Waals surface area contributed by atoms with E-state index < -0.39 is 10.0 Å². The van der Waals surface area contributed by atoms with Crippen LogP contribution in [0.4, 0.5) is 5.13 Å². The number of nitrogens with zero attached hydrogens (tertiary/aromatic N) is 2. The van der Waals surface area contributed by atoms with E-state index in [0.717, 1.165) is 14.4 Å². The van der Waals surface area contributed by atoms with Crippen molar-refractivity contribution in [2.24, 2.45) is 5.92 Å². The van der Waals surface area contributed by atoms with Crippen molar-refractivity contribution in [3.8, 4) is 10.6 Å². The Labute approximate surface area is 183 Å². The highest BCUT2D eigenvalue weighted by molar-refractivity contribution is 9.11. The molecule has 148 valence electrons. The number of hydrogen-bond acceptors (Lipinski definition) is 7. The number of rotatable bonds is 5. The van der Waals surface area contributed by atoms with Crippen LogP contribution in [0.5, 0.6) is 0 Å². The van der Waals surface area contributed by atoms with Gasteiger partial charge in [-0.1, -0.05) is 6.07 Å². The van der Waals surface area contributed by atoms with E-state index in [4.69, 9.17) is 0 Å². The molecule has 0 atom stereocenters. The van der Waals surface area contributed by atoms with Gasteiger partial charge in [0.15, 0.2) is 5.13 Å². The molecule has 0 spiro atoms. The lowest BCUT2D eigenvalue weighted by molar-refractivity contribution is -0.120. The maximum atomic E-state index is 12.6. The quantitative estimate of drug-likeness (QED) is 0.530. The van der Waals surface area contributed by atoms with E-state index in [2.05, 4.69) is 26.2 Å². The van der Waals surface area contributed by atoms with Gasteiger partial charge in [-0.3, -0.25) is 4.79 Å². The second-order valence-corrected chi connectivity index (χ2v) is 12.7. The van der Waals surface area contributed by atoms with Crippen LogP contribution in [-0.2, 0) is 14.8 Å². The summed E-state index contributed by atoms with van der Waals surface area (Å²) in [5, 5.41) is 7.13. The van der Waals surface area contributed by atoms with E-state index in [1.807, 2.05) is 17.5 Å². The molecule has 0 bridgehead atoms. The first kappa shape index (κ1) is 20.2. The van der Waals surface area contributed by atoms with Crippen molar-refractivity contribution in [1.29, 1.82) is 0 Å². The molecule has 1 N–H and O–H groups in total. The number of aromatic nitrogens is 1. The first-order valence-corrected chi connectivity index (χ1v) is 13.3. The van der Waals surface area contributed by atoms with Crippen molar-refractivity contribution in [3.63, 3.8) is 0 Å². The Morgan fingerprint density at radius 2 is 2.00 bits per heavy atom. The number of halogens is 1. The first-order chi connectivity index (χ1) is 13.4. The molecule has 0 saturated carbocycles. The molecule has 0 unspecified atom stereocenters. The number of hydrogen-bond donors (Lipinski definition) is 1. The van der Waals surface area contributed by atoms with E-state index >= 15 is 0 Å². The zero-order valence-corrected chi connectivity index (χ0v) is 19.4. The van der Waals surface area contributed by atoms with Gasteiger partial charge in [0.2, 0.25) is 5.91 Å². The maximum absolute atomic E-state index is 12.6. The van der Waals surface area contributed by atoms with Crippen LogP contribution in [0, 0.1) is 5.92 Å². The Morgan fingerprint density at radius 1 is 1.21 bits per heavy atom. The third-order valence-electron chi connectivity index (χ3n) is 4.47. The molecular formula is C17H16BrN3O3S4. The molecule has 0 aromatic carbocycles. The second-order valence-electron chi connectivity index (χ2n) is 6.24. The average Bonchev–Trinajstić information content (AvgIpc) is 3.43. The monoisotopic (exact) mass is 517 g/mol. The smallest absolute Gasteiger partial charge is 0.252 e. The number of thiazole rings is 1. The minimum atomic E-state index is -3.44. The van der Waals surface area contributed by atoms with Crippen LogP contribution >= 0.6 is 49.9 Å². The zero-order valence-electron chi connectivity index (χ0n) is 14.5. The molecule has 3 aromatic rings. The lowest BCUT2D eigenvalue weighted by Gasteiger charge is -2.29. The lowest BCUT2D eigenvalue weighted by Crippen LogP contribution is -2.41.